The van der Waals surface area contributed by atoms with Crippen LogP contribution in [0.15, 0.2) is 48.5 Å². The van der Waals surface area contributed by atoms with Gasteiger partial charge in [0.2, 0.25) is 5.91 Å². The first kappa shape index (κ1) is 24.4. The first-order valence-electron chi connectivity index (χ1n) is 11.9. The number of fused-ring (bicyclic) bond motifs is 3. The largest absolute Gasteiger partial charge is 0.492 e. The average Bonchev–Trinajstić information content (AvgIpc) is 2.83. The number of piperazine rings is 1. The van der Waals surface area contributed by atoms with Crippen LogP contribution in [0.25, 0.3) is 0 Å². The lowest BCUT2D eigenvalue weighted by molar-refractivity contribution is -0.137. The van der Waals surface area contributed by atoms with Crippen LogP contribution in [0.4, 0.5) is 18.9 Å². The van der Waals surface area contributed by atoms with Crippen molar-refractivity contribution in [1.82, 2.24) is 10.2 Å². The normalized spacial score (nSPS) is 21.4. The number of carbonyl (C=O) groups is 1. The van der Waals surface area contributed by atoms with Gasteiger partial charge in [-0.15, -0.1) is 0 Å². The third-order valence-corrected chi connectivity index (χ3v) is 6.88. The van der Waals surface area contributed by atoms with Crippen molar-refractivity contribution in [2.45, 2.75) is 44.9 Å². The highest BCUT2D eigenvalue weighted by Gasteiger charge is 2.42. The van der Waals surface area contributed by atoms with Crippen LogP contribution in [-0.2, 0) is 17.4 Å². The molecule has 4 rings (SSSR count). The van der Waals surface area contributed by atoms with Gasteiger partial charge in [-0.25, -0.2) is 0 Å². The number of halogens is 3. The first-order valence-corrected chi connectivity index (χ1v) is 11.9. The second-order valence-corrected chi connectivity index (χ2v) is 9.19. The molecule has 34 heavy (non-hydrogen) atoms. The van der Waals surface area contributed by atoms with Gasteiger partial charge in [0, 0.05) is 37.9 Å². The van der Waals surface area contributed by atoms with E-state index in [0.29, 0.717) is 31.7 Å². The van der Waals surface area contributed by atoms with Crippen LogP contribution in [0.2, 0.25) is 0 Å². The van der Waals surface area contributed by atoms with Gasteiger partial charge < -0.3 is 15.0 Å². The highest BCUT2D eigenvalue weighted by atomic mass is 19.4. The summed E-state index contributed by atoms with van der Waals surface area (Å²) in [6.45, 7) is 7.28. The quantitative estimate of drug-likeness (QED) is 0.646. The van der Waals surface area contributed by atoms with E-state index in [1.165, 1.54) is 6.07 Å². The van der Waals surface area contributed by atoms with Crippen LogP contribution in [0.5, 0.6) is 5.75 Å². The molecule has 184 valence electrons. The summed E-state index contributed by atoms with van der Waals surface area (Å²) in [6, 6.07) is 13.5. The Hall–Kier alpha value is -2.74. The average molecular weight is 476 g/mol. The number of carbonyl (C=O) groups excluding carboxylic acids is 1. The van der Waals surface area contributed by atoms with Gasteiger partial charge in [0.05, 0.1) is 17.5 Å². The van der Waals surface area contributed by atoms with Crippen molar-refractivity contribution in [3.63, 3.8) is 0 Å². The third kappa shape index (κ3) is 5.49. The maximum atomic E-state index is 13.3. The minimum Gasteiger partial charge on any atom is -0.492 e. The summed E-state index contributed by atoms with van der Waals surface area (Å²) in [5.41, 5.74) is 0.740. The maximum absolute atomic E-state index is 13.3. The SMILES string of the molecule is CCC(C)NC(=O)C1Cc2cc(C(F)(F)F)ccc2N2CCN(CCOc3ccccc3)CC12. The standard InChI is InChI=1S/C26H32F3N3O2/c1-3-18(2)30-25(33)22-16-19-15-20(26(27,28)29)9-10-23(19)32-12-11-31(17-24(22)32)13-14-34-21-7-5-4-6-8-21/h4-10,15,18,22,24H,3,11-14,16-17H2,1-2H3,(H,30,33). The van der Waals surface area contributed by atoms with Crippen LogP contribution < -0.4 is 15.0 Å². The number of benzene rings is 2. The molecule has 8 heteroatoms. The molecule has 2 aromatic carbocycles. The van der Waals surface area contributed by atoms with Crippen molar-refractivity contribution in [3.05, 3.63) is 59.7 Å². The van der Waals surface area contributed by atoms with Gasteiger partial charge in [-0.05, 0) is 55.7 Å². The van der Waals surface area contributed by atoms with Crippen LogP contribution in [0, 0.1) is 5.92 Å². The van der Waals surface area contributed by atoms with E-state index in [-0.39, 0.29) is 18.0 Å². The number of hydrogen-bond acceptors (Lipinski definition) is 4. The Kier molecular flexibility index (Phi) is 7.36. The van der Waals surface area contributed by atoms with Crippen LogP contribution in [0.3, 0.4) is 0 Å². The summed E-state index contributed by atoms with van der Waals surface area (Å²) in [6.07, 6.45) is -3.31. The van der Waals surface area contributed by atoms with E-state index in [9.17, 15) is 18.0 Å². The number of anilines is 1. The second-order valence-electron chi connectivity index (χ2n) is 9.19. The van der Waals surface area contributed by atoms with E-state index < -0.39 is 17.7 Å². The van der Waals surface area contributed by atoms with Crippen molar-refractivity contribution in [2.24, 2.45) is 5.92 Å². The maximum Gasteiger partial charge on any atom is 0.416 e. The number of hydrogen-bond donors (Lipinski definition) is 1. The minimum atomic E-state index is -4.40. The summed E-state index contributed by atoms with van der Waals surface area (Å²) in [5.74, 6) is 0.316. The fourth-order valence-corrected chi connectivity index (χ4v) is 4.82. The molecule has 3 unspecified atom stereocenters. The van der Waals surface area contributed by atoms with Crippen molar-refractivity contribution in [3.8, 4) is 5.75 Å². The Labute approximate surface area is 198 Å². The number of para-hydroxylation sites is 1. The molecule has 1 N–H and O–H groups in total. The van der Waals surface area contributed by atoms with Crippen molar-refractivity contribution < 1.29 is 22.7 Å². The summed E-state index contributed by atoms with van der Waals surface area (Å²) in [4.78, 5) is 17.6. The smallest absolute Gasteiger partial charge is 0.416 e. The molecule has 0 aliphatic carbocycles. The fraction of sp³-hybridized carbons (Fsp3) is 0.500. The Morgan fingerprint density at radius 1 is 1.18 bits per heavy atom. The van der Waals surface area contributed by atoms with Crippen LogP contribution >= 0.6 is 0 Å². The second kappa shape index (κ2) is 10.3. The van der Waals surface area contributed by atoms with Crippen LogP contribution in [-0.4, -0.2) is 55.7 Å². The molecule has 2 heterocycles. The number of nitrogens with one attached hydrogen (secondary N) is 1. The lowest BCUT2D eigenvalue weighted by atomic mass is 9.82. The summed E-state index contributed by atoms with van der Waals surface area (Å²) >= 11 is 0. The van der Waals surface area contributed by atoms with Crippen LogP contribution in [0.1, 0.15) is 31.4 Å². The molecular formula is C26H32F3N3O2. The minimum absolute atomic E-state index is 0.0165. The molecule has 0 bridgehead atoms. The lowest BCUT2D eigenvalue weighted by Gasteiger charge is -2.49. The molecule has 2 aliphatic rings. The van der Waals surface area contributed by atoms with Gasteiger partial charge >= 0.3 is 6.18 Å². The molecule has 0 radical (unpaired) electrons. The monoisotopic (exact) mass is 475 g/mol. The zero-order valence-electron chi connectivity index (χ0n) is 19.6. The molecule has 0 aromatic heterocycles. The molecule has 1 saturated heterocycles. The van der Waals surface area contributed by atoms with Gasteiger partial charge in [-0.2, -0.15) is 13.2 Å². The van der Waals surface area contributed by atoms with E-state index >= 15 is 0 Å². The molecule has 2 aliphatic heterocycles. The molecule has 3 atom stereocenters. The molecule has 0 spiro atoms. The lowest BCUT2D eigenvalue weighted by Crippen LogP contribution is -2.61. The third-order valence-electron chi connectivity index (χ3n) is 6.88. The number of amides is 1. The van der Waals surface area contributed by atoms with Crippen molar-refractivity contribution in [1.29, 1.82) is 0 Å². The van der Waals surface area contributed by atoms with Gasteiger partial charge in [0.15, 0.2) is 0 Å². The number of ether oxygens (including phenoxy) is 1. The fourth-order valence-electron chi connectivity index (χ4n) is 4.82. The summed E-state index contributed by atoms with van der Waals surface area (Å²) < 4.78 is 45.9. The topological polar surface area (TPSA) is 44.8 Å². The Morgan fingerprint density at radius 3 is 2.65 bits per heavy atom. The van der Waals surface area contributed by atoms with Gasteiger partial charge in [-0.3, -0.25) is 9.69 Å². The van der Waals surface area contributed by atoms with E-state index in [0.717, 1.165) is 37.0 Å². The van der Waals surface area contributed by atoms with Gasteiger partial charge in [0.25, 0.3) is 0 Å². The number of alkyl halides is 3. The molecular weight excluding hydrogens is 443 g/mol. The highest BCUT2D eigenvalue weighted by Crippen LogP contribution is 2.39. The molecule has 1 amide bonds. The molecule has 2 aromatic rings. The number of nitrogens with zero attached hydrogens (tertiary/aromatic N) is 2. The predicted molar refractivity (Wildman–Crippen MR) is 126 cm³/mol. The van der Waals surface area contributed by atoms with E-state index in [2.05, 4.69) is 15.1 Å². The summed E-state index contributed by atoms with van der Waals surface area (Å²) in [5, 5.41) is 3.06. The Bertz CT molecular complexity index is 983. The predicted octanol–water partition coefficient (Wildman–Crippen LogP) is 4.36. The number of rotatable bonds is 7. The molecule has 0 saturated carbocycles. The molecule has 1 fully saturated rings. The van der Waals surface area contributed by atoms with Gasteiger partial charge in [-0.1, -0.05) is 25.1 Å². The summed E-state index contributed by atoms with van der Waals surface area (Å²) in [7, 11) is 0. The van der Waals surface area contributed by atoms with E-state index in [1.807, 2.05) is 44.2 Å². The zero-order valence-corrected chi connectivity index (χ0v) is 19.6. The van der Waals surface area contributed by atoms with E-state index in [4.69, 9.17) is 4.74 Å². The van der Waals surface area contributed by atoms with Gasteiger partial charge in [0.1, 0.15) is 12.4 Å². The highest BCUT2D eigenvalue weighted by molar-refractivity contribution is 5.82. The molecule has 5 nitrogen and oxygen atoms in total. The first-order chi connectivity index (χ1) is 16.3. The van der Waals surface area contributed by atoms with Crippen molar-refractivity contribution in [2.75, 3.05) is 37.7 Å². The Morgan fingerprint density at radius 2 is 1.94 bits per heavy atom. The Balaban J connectivity index is 1.52. The van der Waals surface area contributed by atoms with E-state index in [1.54, 1.807) is 6.07 Å². The van der Waals surface area contributed by atoms with Crippen molar-refractivity contribution >= 4 is 11.6 Å². The zero-order chi connectivity index (χ0) is 24.3.